The van der Waals surface area contributed by atoms with Crippen LogP contribution >= 0.6 is 27.3 Å². The van der Waals surface area contributed by atoms with Gasteiger partial charge in [0.2, 0.25) is 0 Å². The molecule has 1 aliphatic carbocycles. The molecule has 1 atom stereocenters. The molecule has 0 saturated heterocycles. The summed E-state index contributed by atoms with van der Waals surface area (Å²) in [6.45, 7) is 3.32. The van der Waals surface area contributed by atoms with Gasteiger partial charge in [-0.15, -0.1) is 11.3 Å². The molecule has 0 bridgehead atoms. The highest BCUT2D eigenvalue weighted by atomic mass is 79.9. The lowest BCUT2D eigenvalue weighted by atomic mass is 10.0. The van der Waals surface area contributed by atoms with Gasteiger partial charge < -0.3 is 5.32 Å². The van der Waals surface area contributed by atoms with Gasteiger partial charge in [-0.25, -0.2) is 0 Å². The SMILES string of the molecule is CCCNC(Cc1cccc(Br)c1)c1cc2c(s1)CCC2. The van der Waals surface area contributed by atoms with Gasteiger partial charge in [0.05, 0.1) is 0 Å². The van der Waals surface area contributed by atoms with Crippen molar-refractivity contribution in [2.24, 2.45) is 0 Å². The van der Waals surface area contributed by atoms with Crippen LogP contribution in [0.15, 0.2) is 34.8 Å². The molecule has 112 valence electrons. The second kappa shape index (κ2) is 7.08. The third-order valence-corrected chi connectivity index (χ3v) is 5.92. The average Bonchev–Trinajstić information content (AvgIpc) is 3.04. The molecule has 0 saturated carbocycles. The van der Waals surface area contributed by atoms with Crippen LogP contribution in [0.2, 0.25) is 0 Å². The quantitative estimate of drug-likeness (QED) is 0.735. The van der Waals surface area contributed by atoms with Crippen LogP contribution in [-0.2, 0) is 19.3 Å². The van der Waals surface area contributed by atoms with Gasteiger partial charge in [0, 0.05) is 20.3 Å². The summed E-state index contributed by atoms with van der Waals surface area (Å²) in [5.74, 6) is 0. The topological polar surface area (TPSA) is 12.0 Å². The number of hydrogen-bond donors (Lipinski definition) is 1. The number of rotatable bonds is 6. The number of hydrogen-bond acceptors (Lipinski definition) is 2. The van der Waals surface area contributed by atoms with E-state index in [2.05, 4.69) is 58.5 Å². The molecule has 1 aliphatic rings. The Morgan fingerprint density at radius 2 is 2.19 bits per heavy atom. The van der Waals surface area contributed by atoms with Crippen molar-refractivity contribution in [2.75, 3.05) is 6.54 Å². The minimum Gasteiger partial charge on any atom is -0.309 e. The monoisotopic (exact) mass is 363 g/mol. The summed E-state index contributed by atoms with van der Waals surface area (Å²) in [5, 5.41) is 3.74. The lowest BCUT2D eigenvalue weighted by Crippen LogP contribution is -2.23. The van der Waals surface area contributed by atoms with Crippen LogP contribution in [0.5, 0.6) is 0 Å². The average molecular weight is 364 g/mol. The van der Waals surface area contributed by atoms with E-state index in [1.54, 1.807) is 10.4 Å². The van der Waals surface area contributed by atoms with Crippen molar-refractivity contribution in [3.63, 3.8) is 0 Å². The van der Waals surface area contributed by atoms with Gasteiger partial charge >= 0.3 is 0 Å². The summed E-state index contributed by atoms with van der Waals surface area (Å²) in [4.78, 5) is 3.15. The Kier molecular flexibility index (Phi) is 5.15. The molecule has 1 aromatic heterocycles. The summed E-state index contributed by atoms with van der Waals surface area (Å²) in [6.07, 6.45) is 6.17. The van der Waals surface area contributed by atoms with Crippen molar-refractivity contribution in [2.45, 2.75) is 45.1 Å². The molecule has 3 rings (SSSR count). The molecule has 2 aromatic rings. The lowest BCUT2D eigenvalue weighted by Gasteiger charge is -2.17. The molecule has 21 heavy (non-hydrogen) atoms. The van der Waals surface area contributed by atoms with E-state index >= 15 is 0 Å². The number of aryl methyl sites for hydroxylation is 2. The predicted octanol–water partition coefficient (Wildman–Crippen LogP) is 5.28. The van der Waals surface area contributed by atoms with Gasteiger partial charge in [-0.05, 0) is 68.0 Å². The smallest absolute Gasteiger partial charge is 0.0455 e. The third kappa shape index (κ3) is 3.77. The first-order chi connectivity index (χ1) is 10.3. The third-order valence-electron chi connectivity index (χ3n) is 4.08. The van der Waals surface area contributed by atoms with E-state index in [0.29, 0.717) is 6.04 Å². The van der Waals surface area contributed by atoms with Crippen molar-refractivity contribution >= 4 is 27.3 Å². The highest BCUT2D eigenvalue weighted by Gasteiger charge is 2.20. The van der Waals surface area contributed by atoms with Crippen LogP contribution in [0, 0.1) is 0 Å². The van der Waals surface area contributed by atoms with E-state index in [-0.39, 0.29) is 0 Å². The molecule has 0 spiro atoms. The molecule has 0 fully saturated rings. The minimum atomic E-state index is 0.454. The van der Waals surface area contributed by atoms with Gasteiger partial charge in [-0.1, -0.05) is 35.0 Å². The molecular weight excluding hydrogens is 342 g/mol. The number of halogens is 1. The Labute approximate surface area is 139 Å². The molecule has 3 heteroatoms. The summed E-state index contributed by atoms with van der Waals surface area (Å²) in [6, 6.07) is 11.6. The Bertz CT molecular complexity index is 584. The predicted molar refractivity (Wildman–Crippen MR) is 95.2 cm³/mol. The standard InChI is InChI=1S/C18H22BrNS/c1-2-9-20-16(11-13-5-3-7-15(19)10-13)18-12-14-6-4-8-17(14)21-18/h3,5,7,10,12,16,20H,2,4,6,8-9,11H2,1H3. The van der Waals surface area contributed by atoms with E-state index < -0.39 is 0 Å². The minimum absolute atomic E-state index is 0.454. The van der Waals surface area contributed by atoms with Crippen molar-refractivity contribution in [3.05, 3.63) is 55.7 Å². The number of fused-ring (bicyclic) bond motifs is 1. The van der Waals surface area contributed by atoms with Crippen molar-refractivity contribution in [1.82, 2.24) is 5.32 Å². The number of thiophene rings is 1. The molecule has 1 N–H and O–H groups in total. The van der Waals surface area contributed by atoms with Gasteiger partial charge in [-0.3, -0.25) is 0 Å². The first-order valence-corrected chi connectivity index (χ1v) is 9.46. The summed E-state index contributed by atoms with van der Waals surface area (Å²) in [7, 11) is 0. The summed E-state index contributed by atoms with van der Waals surface area (Å²) in [5.41, 5.74) is 3.00. The largest absolute Gasteiger partial charge is 0.309 e. The van der Waals surface area contributed by atoms with Gasteiger partial charge in [0.25, 0.3) is 0 Å². The molecule has 1 unspecified atom stereocenters. The van der Waals surface area contributed by atoms with Crippen LogP contribution in [0.3, 0.4) is 0 Å². The van der Waals surface area contributed by atoms with E-state index in [1.165, 1.54) is 40.6 Å². The Morgan fingerprint density at radius 3 is 2.95 bits per heavy atom. The zero-order valence-corrected chi connectivity index (χ0v) is 14.9. The highest BCUT2D eigenvalue weighted by Crippen LogP contribution is 2.35. The molecule has 0 amide bonds. The highest BCUT2D eigenvalue weighted by molar-refractivity contribution is 9.10. The Morgan fingerprint density at radius 1 is 1.29 bits per heavy atom. The van der Waals surface area contributed by atoms with Gasteiger partial charge in [-0.2, -0.15) is 0 Å². The first-order valence-electron chi connectivity index (χ1n) is 7.85. The second-order valence-corrected chi connectivity index (χ2v) is 7.88. The molecule has 1 aromatic carbocycles. The summed E-state index contributed by atoms with van der Waals surface area (Å²) >= 11 is 5.61. The molecule has 1 nitrogen and oxygen atoms in total. The molecule has 0 radical (unpaired) electrons. The zero-order valence-electron chi connectivity index (χ0n) is 12.5. The molecular formula is C18H22BrNS. The fourth-order valence-corrected chi connectivity index (χ4v) is 4.80. The maximum absolute atomic E-state index is 3.74. The summed E-state index contributed by atoms with van der Waals surface area (Å²) < 4.78 is 1.17. The van der Waals surface area contributed by atoms with Gasteiger partial charge in [0.15, 0.2) is 0 Å². The van der Waals surface area contributed by atoms with Gasteiger partial charge in [0.1, 0.15) is 0 Å². The lowest BCUT2D eigenvalue weighted by molar-refractivity contribution is 0.536. The van der Waals surface area contributed by atoms with Crippen LogP contribution in [-0.4, -0.2) is 6.54 Å². The maximum atomic E-state index is 3.74. The van der Waals surface area contributed by atoms with E-state index in [1.807, 2.05) is 11.3 Å². The van der Waals surface area contributed by atoms with Crippen LogP contribution in [0.25, 0.3) is 0 Å². The zero-order chi connectivity index (χ0) is 14.7. The van der Waals surface area contributed by atoms with E-state index in [0.717, 1.165) is 13.0 Å². The Hall–Kier alpha value is -0.640. The van der Waals surface area contributed by atoms with Crippen LogP contribution in [0.4, 0.5) is 0 Å². The Balaban J connectivity index is 1.79. The van der Waals surface area contributed by atoms with Crippen LogP contribution < -0.4 is 5.32 Å². The maximum Gasteiger partial charge on any atom is 0.0455 e. The number of benzene rings is 1. The molecule has 1 heterocycles. The fourth-order valence-electron chi connectivity index (χ4n) is 3.02. The van der Waals surface area contributed by atoms with Crippen molar-refractivity contribution in [1.29, 1.82) is 0 Å². The van der Waals surface area contributed by atoms with Crippen LogP contribution in [0.1, 0.15) is 46.7 Å². The van der Waals surface area contributed by atoms with Crippen molar-refractivity contribution in [3.8, 4) is 0 Å². The van der Waals surface area contributed by atoms with E-state index in [4.69, 9.17) is 0 Å². The normalized spacial score (nSPS) is 15.1. The number of nitrogens with one attached hydrogen (secondary N) is 1. The van der Waals surface area contributed by atoms with Crippen molar-refractivity contribution < 1.29 is 0 Å². The second-order valence-electron chi connectivity index (χ2n) is 5.79. The molecule has 0 aliphatic heterocycles. The van der Waals surface area contributed by atoms with E-state index in [9.17, 15) is 0 Å². The fraction of sp³-hybridized carbons (Fsp3) is 0.444. The first kappa shape index (κ1) is 15.3.